The van der Waals surface area contributed by atoms with Crippen molar-refractivity contribution in [3.63, 3.8) is 0 Å². The lowest BCUT2D eigenvalue weighted by molar-refractivity contribution is -0.144. The summed E-state index contributed by atoms with van der Waals surface area (Å²) in [6.07, 6.45) is 18.8. The Morgan fingerprint density at radius 2 is 1.89 bits per heavy atom. The Kier molecular flexibility index (Phi) is 7.54. The van der Waals surface area contributed by atoms with Crippen molar-refractivity contribution in [2.24, 2.45) is 0 Å². The third kappa shape index (κ3) is 7.19. The van der Waals surface area contributed by atoms with Crippen molar-refractivity contribution < 1.29 is 9.53 Å². The van der Waals surface area contributed by atoms with Crippen LogP contribution in [0.1, 0.15) is 71.6 Å². The van der Waals surface area contributed by atoms with Crippen LogP contribution >= 0.6 is 0 Å². The van der Waals surface area contributed by atoms with Gasteiger partial charge in [-0.3, -0.25) is 4.79 Å². The molecule has 0 amide bonds. The minimum Gasteiger partial charge on any atom is -0.455 e. The van der Waals surface area contributed by atoms with Crippen LogP contribution < -0.4 is 0 Å². The van der Waals surface area contributed by atoms with E-state index < -0.39 is 0 Å². The molecule has 2 nitrogen and oxygen atoms in total. The molecule has 0 unspecified atom stereocenters. The number of hydrogen-bond donors (Lipinski definition) is 0. The van der Waals surface area contributed by atoms with Crippen LogP contribution in [0.3, 0.4) is 0 Å². The topological polar surface area (TPSA) is 26.3 Å². The molecule has 1 heterocycles. The minimum absolute atomic E-state index is 0.0804. The van der Waals surface area contributed by atoms with Crippen molar-refractivity contribution in [1.82, 2.24) is 0 Å². The fraction of sp³-hybridized carbons (Fsp3) is 0.706. The highest BCUT2D eigenvalue weighted by Crippen LogP contribution is 2.27. The number of carbonyl (C=O) groups excluding carboxylic acids is 1. The van der Waals surface area contributed by atoms with E-state index in [1.54, 1.807) is 0 Å². The first-order chi connectivity index (χ1) is 9.16. The van der Waals surface area contributed by atoms with E-state index in [0.717, 1.165) is 12.8 Å². The van der Waals surface area contributed by atoms with Crippen molar-refractivity contribution in [3.05, 3.63) is 24.3 Å². The van der Waals surface area contributed by atoms with Gasteiger partial charge in [0.15, 0.2) is 0 Å². The Morgan fingerprint density at radius 1 is 1.16 bits per heavy atom. The summed E-state index contributed by atoms with van der Waals surface area (Å²) in [5.41, 5.74) is -0.373. The monoisotopic (exact) mass is 264 g/mol. The second-order valence-corrected chi connectivity index (χ2v) is 5.63. The Hall–Kier alpha value is -1.05. The van der Waals surface area contributed by atoms with Gasteiger partial charge in [-0.2, -0.15) is 0 Å². The maximum absolute atomic E-state index is 11.1. The molecule has 0 aromatic rings. The second kappa shape index (κ2) is 8.95. The second-order valence-electron chi connectivity index (χ2n) is 5.63. The standard InChI is InChI=1S/C17H28O2/c1-3-4-5-6-7-8-9-10-11-12-14-17(2)15-13-16(18)19-17/h10-12,14H,3-9,13,15H2,1-2H3/b11-10-,14-12+/t17-/m0/s1. The van der Waals surface area contributed by atoms with Gasteiger partial charge in [0.2, 0.25) is 0 Å². The third-order valence-electron chi connectivity index (χ3n) is 3.59. The van der Waals surface area contributed by atoms with Gasteiger partial charge in [-0.15, -0.1) is 0 Å². The fourth-order valence-electron chi connectivity index (χ4n) is 2.31. The van der Waals surface area contributed by atoms with Gasteiger partial charge in [0.25, 0.3) is 0 Å². The zero-order valence-corrected chi connectivity index (χ0v) is 12.5. The molecule has 1 atom stereocenters. The van der Waals surface area contributed by atoms with Crippen molar-refractivity contribution >= 4 is 5.97 Å². The number of allylic oxidation sites excluding steroid dienone is 3. The SMILES string of the molecule is CCCCCCCC/C=C\C=C\[C@@]1(C)CCC(=O)O1. The summed E-state index contributed by atoms with van der Waals surface area (Å²) in [5, 5.41) is 0. The Labute approximate surface area is 117 Å². The molecule has 0 aliphatic carbocycles. The van der Waals surface area contributed by atoms with Gasteiger partial charge in [0, 0.05) is 12.8 Å². The fourth-order valence-corrected chi connectivity index (χ4v) is 2.31. The van der Waals surface area contributed by atoms with E-state index in [4.69, 9.17) is 4.74 Å². The summed E-state index contributed by atoms with van der Waals surface area (Å²) >= 11 is 0. The summed E-state index contributed by atoms with van der Waals surface area (Å²) in [5.74, 6) is -0.0804. The molecule has 19 heavy (non-hydrogen) atoms. The maximum atomic E-state index is 11.1. The number of cyclic esters (lactones) is 1. The average molecular weight is 264 g/mol. The lowest BCUT2D eigenvalue weighted by Crippen LogP contribution is -2.19. The summed E-state index contributed by atoms with van der Waals surface area (Å²) in [4.78, 5) is 11.1. The first kappa shape index (κ1) is 16.0. The molecular formula is C17H28O2. The molecule has 1 rings (SSSR count). The molecule has 1 aliphatic heterocycles. The van der Waals surface area contributed by atoms with Crippen LogP contribution in [0.5, 0.6) is 0 Å². The molecule has 0 N–H and O–H groups in total. The van der Waals surface area contributed by atoms with Crippen LogP contribution in [-0.2, 0) is 9.53 Å². The summed E-state index contributed by atoms with van der Waals surface area (Å²) < 4.78 is 5.27. The molecule has 1 aliphatic rings. The van der Waals surface area contributed by atoms with Crippen LogP contribution in [0.25, 0.3) is 0 Å². The first-order valence-corrected chi connectivity index (χ1v) is 7.72. The van der Waals surface area contributed by atoms with E-state index in [1.807, 2.05) is 19.1 Å². The van der Waals surface area contributed by atoms with Gasteiger partial charge < -0.3 is 4.74 Å². The number of ether oxygens (including phenoxy) is 1. The first-order valence-electron chi connectivity index (χ1n) is 7.72. The van der Waals surface area contributed by atoms with Crippen molar-refractivity contribution in [1.29, 1.82) is 0 Å². The number of unbranched alkanes of at least 4 members (excludes halogenated alkanes) is 6. The predicted octanol–water partition coefficient (Wildman–Crippen LogP) is 4.95. The predicted molar refractivity (Wildman–Crippen MR) is 80.0 cm³/mol. The number of hydrogen-bond acceptors (Lipinski definition) is 2. The van der Waals surface area contributed by atoms with Crippen molar-refractivity contribution in [2.75, 3.05) is 0 Å². The number of rotatable bonds is 9. The molecule has 0 aromatic heterocycles. The summed E-state index contributed by atoms with van der Waals surface area (Å²) in [7, 11) is 0. The van der Waals surface area contributed by atoms with E-state index in [2.05, 4.69) is 19.1 Å². The Bertz CT molecular complexity index is 317. The average Bonchev–Trinajstić information content (AvgIpc) is 2.72. The van der Waals surface area contributed by atoms with Crippen LogP contribution in [-0.4, -0.2) is 11.6 Å². The molecule has 0 bridgehead atoms. The minimum atomic E-state index is -0.373. The van der Waals surface area contributed by atoms with Crippen molar-refractivity contribution in [3.8, 4) is 0 Å². The highest BCUT2D eigenvalue weighted by atomic mass is 16.6. The lowest BCUT2D eigenvalue weighted by atomic mass is 10.0. The largest absolute Gasteiger partial charge is 0.455 e. The Morgan fingerprint density at radius 3 is 2.58 bits per heavy atom. The molecule has 0 saturated carbocycles. The maximum Gasteiger partial charge on any atom is 0.306 e. The summed E-state index contributed by atoms with van der Waals surface area (Å²) in [6.45, 7) is 4.22. The molecule has 2 heteroatoms. The number of carbonyl (C=O) groups is 1. The van der Waals surface area contributed by atoms with Crippen molar-refractivity contribution in [2.45, 2.75) is 77.2 Å². The van der Waals surface area contributed by atoms with E-state index in [9.17, 15) is 4.79 Å². The van der Waals surface area contributed by atoms with E-state index in [0.29, 0.717) is 6.42 Å². The van der Waals surface area contributed by atoms with Gasteiger partial charge in [-0.05, 0) is 25.8 Å². The quantitative estimate of drug-likeness (QED) is 0.335. The molecule has 0 aromatic carbocycles. The van der Waals surface area contributed by atoms with Gasteiger partial charge >= 0.3 is 5.97 Å². The third-order valence-corrected chi connectivity index (χ3v) is 3.59. The number of esters is 1. The van der Waals surface area contributed by atoms with Crippen LogP contribution in [0.15, 0.2) is 24.3 Å². The molecule has 1 saturated heterocycles. The van der Waals surface area contributed by atoms with E-state index >= 15 is 0 Å². The van der Waals surface area contributed by atoms with Gasteiger partial charge in [-0.1, -0.05) is 57.3 Å². The molecule has 108 valence electrons. The zero-order valence-electron chi connectivity index (χ0n) is 12.5. The Balaban J connectivity index is 2.05. The van der Waals surface area contributed by atoms with Crippen LogP contribution in [0, 0.1) is 0 Å². The van der Waals surface area contributed by atoms with Crippen LogP contribution in [0.4, 0.5) is 0 Å². The van der Waals surface area contributed by atoms with E-state index in [-0.39, 0.29) is 11.6 Å². The normalized spacial score (nSPS) is 23.6. The van der Waals surface area contributed by atoms with Gasteiger partial charge in [-0.25, -0.2) is 0 Å². The molecule has 0 radical (unpaired) electrons. The zero-order chi connectivity index (χ0) is 14.0. The van der Waals surface area contributed by atoms with Gasteiger partial charge in [0.1, 0.15) is 5.60 Å². The smallest absolute Gasteiger partial charge is 0.306 e. The highest BCUT2D eigenvalue weighted by Gasteiger charge is 2.32. The van der Waals surface area contributed by atoms with E-state index in [1.165, 1.54) is 38.5 Å². The highest BCUT2D eigenvalue weighted by molar-refractivity contribution is 5.72. The van der Waals surface area contributed by atoms with Crippen LogP contribution in [0.2, 0.25) is 0 Å². The lowest BCUT2D eigenvalue weighted by Gasteiger charge is -2.16. The summed E-state index contributed by atoms with van der Waals surface area (Å²) in [6, 6.07) is 0. The molecular weight excluding hydrogens is 236 g/mol. The molecule has 0 spiro atoms. The van der Waals surface area contributed by atoms with Gasteiger partial charge in [0.05, 0.1) is 0 Å². The molecule has 1 fully saturated rings.